The molecule has 3 aromatic rings. The van der Waals surface area contributed by atoms with Gasteiger partial charge in [-0.15, -0.1) is 0 Å². The highest BCUT2D eigenvalue weighted by atomic mass is 32.2. The number of H-pyrrole nitrogens is 1. The Hall–Kier alpha value is -3.46. The molecule has 1 heterocycles. The minimum atomic E-state index is -3.81. The molecule has 0 saturated carbocycles. The molecular weight excluding hydrogens is 426 g/mol. The zero-order valence-corrected chi connectivity index (χ0v) is 17.0. The number of hydrogen-bond acceptors (Lipinski definition) is 7. The number of nitrogens with two attached hydrogens (primary N) is 1. The lowest BCUT2D eigenvalue weighted by Gasteiger charge is -2.08. The number of rotatable bonds is 6. The zero-order valence-electron chi connectivity index (χ0n) is 15.3. The van der Waals surface area contributed by atoms with Crippen molar-refractivity contribution in [2.24, 2.45) is 5.14 Å². The molecule has 0 aliphatic rings. The van der Waals surface area contributed by atoms with Crippen LogP contribution in [0, 0.1) is 11.3 Å². The summed E-state index contributed by atoms with van der Waals surface area (Å²) in [4.78, 5) is 31.1. The van der Waals surface area contributed by atoms with Gasteiger partial charge in [0.25, 0.3) is 5.56 Å². The number of hydrogen-bond donors (Lipinski definition) is 3. The average molecular weight is 441 g/mol. The van der Waals surface area contributed by atoms with Crippen molar-refractivity contribution in [1.82, 2.24) is 9.97 Å². The molecule has 1 amide bonds. The number of amides is 1. The topological polar surface area (TPSA) is 159 Å². The van der Waals surface area contributed by atoms with E-state index in [1.165, 1.54) is 24.3 Å². The number of primary sulfonamides is 1. The van der Waals surface area contributed by atoms with Crippen LogP contribution in [0.5, 0.6) is 0 Å². The fourth-order valence-electron chi connectivity index (χ4n) is 2.49. The standard InChI is InChI=1S/C19H15N5O4S2/c20-10-15-17(12-4-2-1-3-5-12)23-19(24-18(15)26)29-11-16(25)22-13-6-8-14(9-7-13)30(21,27)28/h1-9H,11H2,(H,22,25)(H2,21,27,28)(H,23,24,26). The number of carbonyl (C=O) groups is 1. The summed E-state index contributed by atoms with van der Waals surface area (Å²) in [5.74, 6) is -0.461. The number of anilines is 1. The van der Waals surface area contributed by atoms with Crippen LogP contribution in [0.3, 0.4) is 0 Å². The first-order valence-corrected chi connectivity index (χ1v) is 11.0. The quantitative estimate of drug-likeness (QED) is 0.388. The minimum Gasteiger partial charge on any atom is -0.325 e. The molecule has 2 aromatic carbocycles. The molecule has 0 spiro atoms. The van der Waals surface area contributed by atoms with Crippen molar-refractivity contribution >= 4 is 33.4 Å². The van der Waals surface area contributed by atoms with Gasteiger partial charge in [0.15, 0.2) is 5.16 Å². The summed E-state index contributed by atoms with van der Waals surface area (Å²) in [7, 11) is -3.81. The molecule has 0 radical (unpaired) electrons. The first-order valence-electron chi connectivity index (χ1n) is 8.43. The van der Waals surface area contributed by atoms with Crippen molar-refractivity contribution in [2.75, 3.05) is 11.1 Å². The Morgan fingerprint density at radius 1 is 1.17 bits per heavy atom. The van der Waals surface area contributed by atoms with E-state index in [1.807, 2.05) is 6.07 Å². The number of sulfonamides is 1. The highest BCUT2D eigenvalue weighted by Gasteiger charge is 2.14. The lowest BCUT2D eigenvalue weighted by molar-refractivity contribution is -0.113. The fraction of sp³-hybridized carbons (Fsp3) is 0.0526. The first-order chi connectivity index (χ1) is 14.3. The van der Waals surface area contributed by atoms with Gasteiger partial charge in [-0.3, -0.25) is 9.59 Å². The Kier molecular flexibility index (Phi) is 6.31. The van der Waals surface area contributed by atoms with Gasteiger partial charge in [-0.2, -0.15) is 5.26 Å². The first kappa shape index (κ1) is 21.3. The molecule has 0 atom stereocenters. The second-order valence-electron chi connectivity index (χ2n) is 5.98. The van der Waals surface area contributed by atoms with Gasteiger partial charge in [-0.05, 0) is 24.3 Å². The van der Waals surface area contributed by atoms with E-state index in [0.29, 0.717) is 11.3 Å². The van der Waals surface area contributed by atoms with Gasteiger partial charge in [0.2, 0.25) is 15.9 Å². The lowest BCUT2D eigenvalue weighted by atomic mass is 10.1. The smallest absolute Gasteiger partial charge is 0.270 e. The third kappa shape index (κ3) is 5.12. The van der Waals surface area contributed by atoms with Gasteiger partial charge in [0.05, 0.1) is 16.3 Å². The summed E-state index contributed by atoms with van der Waals surface area (Å²) < 4.78 is 22.5. The molecule has 30 heavy (non-hydrogen) atoms. The number of nitrogens with zero attached hydrogens (tertiary/aromatic N) is 2. The maximum atomic E-state index is 12.2. The Morgan fingerprint density at radius 3 is 2.43 bits per heavy atom. The number of nitrogens with one attached hydrogen (secondary N) is 2. The van der Waals surface area contributed by atoms with E-state index in [0.717, 1.165) is 11.8 Å². The average Bonchev–Trinajstić information content (AvgIpc) is 2.72. The van der Waals surface area contributed by atoms with E-state index < -0.39 is 21.5 Å². The highest BCUT2D eigenvalue weighted by molar-refractivity contribution is 7.99. The van der Waals surface area contributed by atoms with Gasteiger partial charge in [-0.25, -0.2) is 18.5 Å². The number of aromatic nitrogens is 2. The summed E-state index contributed by atoms with van der Waals surface area (Å²) in [5.41, 5.74) is 0.543. The van der Waals surface area contributed by atoms with Gasteiger partial charge in [0.1, 0.15) is 11.6 Å². The number of benzene rings is 2. The van der Waals surface area contributed by atoms with Crippen molar-refractivity contribution in [3.05, 3.63) is 70.5 Å². The number of carbonyl (C=O) groups excluding carboxylic acids is 1. The molecule has 0 fully saturated rings. The van der Waals surface area contributed by atoms with Crippen LogP contribution in [0.15, 0.2) is 69.4 Å². The maximum absolute atomic E-state index is 12.2. The van der Waals surface area contributed by atoms with Gasteiger partial charge in [-0.1, -0.05) is 42.1 Å². The molecule has 1 aromatic heterocycles. The van der Waals surface area contributed by atoms with Crippen molar-refractivity contribution < 1.29 is 13.2 Å². The van der Waals surface area contributed by atoms with Gasteiger partial charge >= 0.3 is 0 Å². The molecule has 0 aliphatic carbocycles. The predicted molar refractivity (Wildman–Crippen MR) is 112 cm³/mol. The molecule has 3 rings (SSSR count). The maximum Gasteiger partial charge on any atom is 0.270 e. The summed E-state index contributed by atoms with van der Waals surface area (Å²) >= 11 is 0.993. The summed E-state index contributed by atoms with van der Waals surface area (Å²) in [6, 6.07) is 16.0. The Balaban J connectivity index is 1.73. The largest absolute Gasteiger partial charge is 0.325 e. The molecule has 4 N–H and O–H groups in total. The van der Waals surface area contributed by atoms with Crippen molar-refractivity contribution in [3.63, 3.8) is 0 Å². The van der Waals surface area contributed by atoms with Crippen LogP contribution in [-0.2, 0) is 14.8 Å². The number of thioether (sulfide) groups is 1. The normalized spacial score (nSPS) is 10.9. The number of aromatic amines is 1. The van der Waals surface area contributed by atoms with Crippen LogP contribution in [0.25, 0.3) is 11.3 Å². The highest BCUT2D eigenvalue weighted by Crippen LogP contribution is 2.22. The molecule has 0 aliphatic heterocycles. The zero-order chi connectivity index (χ0) is 21.7. The number of nitriles is 1. The molecule has 0 saturated heterocycles. The second kappa shape index (κ2) is 8.91. The van der Waals surface area contributed by atoms with Crippen molar-refractivity contribution in [3.8, 4) is 17.3 Å². The van der Waals surface area contributed by atoms with E-state index in [1.54, 1.807) is 30.3 Å². The summed E-state index contributed by atoms with van der Waals surface area (Å²) in [6.45, 7) is 0. The van der Waals surface area contributed by atoms with Gasteiger partial charge in [0, 0.05) is 11.3 Å². The summed E-state index contributed by atoms with van der Waals surface area (Å²) in [6.07, 6.45) is 0. The van der Waals surface area contributed by atoms with Crippen LogP contribution < -0.4 is 16.0 Å². The Morgan fingerprint density at radius 2 is 1.83 bits per heavy atom. The van der Waals surface area contributed by atoms with E-state index >= 15 is 0 Å². The Bertz CT molecular complexity index is 1280. The minimum absolute atomic E-state index is 0.0670. The Labute approximate surface area is 176 Å². The molecule has 11 heteroatoms. The third-order valence-corrected chi connectivity index (χ3v) is 5.67. The van der Waals surface area contributed by atoms with Crippen LogP contribution in [0.2, 0.25) is 0 Å². The van der Waals surface area contributed by atoms with Crippen molar-refractivity contribution in [1.29, 1.82) is 5.26 Å². The third-order valence-electron chi connectivity index (χ3n) is 3.86. The molecule has 0 bridgehead atoms. The monoisotopic (exact) mass is 441 g/mol. The van der Waals surface area contributed by atoms with Crippen LogP contribution in [-0.4, -0.2) is 30.0 Å². The summed E-state index contributed by atoms with van der Waals surface area (Å²) in [5, 5.41) is 17.1. The second-order valence-corrected chi connectivity index (χ2v) is 8.50. The van der Waals surface area contributed by atoms with Crippen LogP contribution in [0.4, 0.5) is 5.69 Å². The molecular formula is C19H15N5O4S2. The van der Waals surface area contributed by atoms with Crippen LogP contribution >= 0.6 is 11.8 Å². The molecule has 0 unspecified atom stereocenters. The fourth-order valence-corrected chi connectivity index (χ4v) is 3.66. The SMILES string of the molecule is N#Cc1c(-c2ccccc2)nc(SCC(=O)Nc2ccc(S(N)(=O)=O)cc2)[nH]c1=O. The lowest BCUT2D eigenvalue weighted by Crippen LogP contribution is -2.17. The van der Waals surface area contributed by atoms with E-state index in [4.69, 9.17) is 5.14 Å². The van der Waals surface area contributed by atoms with Crippen LogP contribution in [0.1, 0.15) is 5.56 Å². The van der Waals surface area contributed by atoms with Gasteiger partial charge < -0.3 is 10.3 Å². The molecule has 152 valence electrons. The molecule has 9 nitrogen and oxygen atoms in total. The van der Waals surface area contributed by atoms with E-state index in [2.05, 4.69) is 15.3 Å². The van der Waals surface area contributed by atoms with Crippen molar-refractivity contribution in [2.45, 2.75) is 10.1 Å². The van der Waals surface area contributed by atoms with E-state index in [9.17, 15) is 23.3 Å². The van der Waals surface area contributed by atoms with E-state index in [-0.39, 0.29) is 27.1 Å². The predicted octanol–water partition coefficient (Wildman–Crippen LogP) is 1.69.